The number of nitro groups is 1. The summed E-state index contributed by atoms with van der Waals surface area (Å²) >= 11 is 0. The zero-order chi connectivity index (χ0) is 22.2. The number of hydrogen-bond donors (Lipinski definition) is 0. The largest absolute Gasteiger partial charge is 0.493 e. The number of fused-ring (bicyclic) bond motifs is 3. The molecule has 0 aromatic heterocycles. The molecule has 32 heavy (non-hydrogen) atoms. The highest BCUT2D eigenvalue weighted by Gasteiger charge is 2.41. The highest BCUT2D eigenvalue weighted by molar-refractivity contribution is 6.02. The maximum Gasteiger partial charge on any atom is 0.269 e. The molecule has 0 amide bonds. The summed E-state index contributed by atoms with van der Waals surface area (Å²) in [6.45, 7) is 0. The van der Waals surface area contributed by atoms with E-state index >= 15 is 0 Å². The Labute approximate surface area is 184 Å². The fourth-order valence-corrected chi connectivity index (χ4v) is 4.24. The average molecular weight is 431 g/mol. The molecular formula is C24H21N3O5. The normalized spacial score (nSPS) is 18.8. The van der Waals surface area contributed by atoms with Crippen molar-refractivity contribution in [1.82, 2.24) is 5.01 Å². The summed E-state index contributed by atoms with van der Waals surface area (Å²) in [5.41, 5.74) is 3.54. The van der Waals surface area contributed by atoms with Crippen LogP contribution in [0.1, 0.15) is 35.4 Å². The molecule has 2 heterocycles. The number of hydrazone groups is 1. The second-order valence-electron chi connectivity index (χ2n) is 7.58. The highest BCUT2D eigenvalue weighted by atomic mass is 16.6. The third-order valence-electron chi connectivity index (χ3n) is 5.78. The van der Waals surface area contributed by atoms with Gasteiger partial charge in [-0.05, 0) is 24.3 Å². The summed E-state index contributed by atoms with van der Waals surface area (Å²) in [7, 11) is 3.20. The van der Waals surface area contributed by atoms with Crippen LogP contribution in [0.5, 0.6) is 17.2 Å². The molecule has 0 radical (unpaired) electrons. The van der Waals surface area contributed by atoms with E-state index in [-0.39, 0.29) is 11.7 Å². The van der Waals surface area contributed by atoms with Gasteiger partial charge in [0.2, 0.25) is 6.23 Å². The van der Waals surface area contributed by atoms with Gasteiger partial charge in [-0.25, -0.2) is 5.01 Å². The Bertz CT molecular complexity index is 1230. The molecule has 162 valence electrons. The van der Waals surface area contributed by atoms with E-state index in [9.17, 15) is 10.1 Å². The van der Waals surface area contributed by atoms with Gasteiger partial charge >= 0.3 is 0 Å². The maximum atomic E-state index is 11.3. The Balaban J connectivity index is 1.58. The zero-order valence-corrected chi connectivity index (χ0v) is 17.6. The van der Waals surface area contributed by atoms with E-state index < -0.39 is 11.2 Å². The summed E-state index contributed by atoms with van der Waals surface area (Å²) in [5, 5.41) is 18.1. The van der Waals surface area contributed by atoms with Crippen molar-refractivity contribution in [3.05, 3.63) is 93.5 Å². The van der Waals surface area contributed by atoms with Crippen molar-refractivity contribution in [3.8, 4) is 17.2 Å². The quantitative estimate of drug-likeness (QED) is 0.424. The fourth-order valence-electron chi connectivity index (χ4n) is 4.24. The minimum absolute atomic E-state index is 0.0183. The fraction of sp³-hybridized carbons (Fsp3) is 0.208. The maximum absolute atomic E-state index is 11.3. The van der Waals surface area contributed by atoms with Crippen molar-refractivity contribution >= 4 is 11.4 Å². The van der Waals surface area contributed by atoms with Gasteiger partial charge in [0.1, 0.15) is 5.75 Å². The first-order valence-electron chi connectivity index (χ1n) is 10.2. The number of methoxy groups -OCH3 is 2. The first-order valence-corrected chi connectivity index (χ1v) is 10.2. The molecule has 2 atom stereocenters. The van der Waals surface area contributed by atoms with Gasteiger partial charge in [-0.3, -0.25) is 10.1 Å². The zero-order valence-electron chi connectivity index (χ0n) is 17.6. The predicted octanol–water partition coefficient (Wildman–Crippen LogP) is 4.85. The summed E-state index contributed by atoms with van der Waals surface area (Å²) in [4.78, 5) is 10.9. The van der Waals surface area contributed by atoms with Crippen LogP contribution in [0.15, 0.2) is 71.8 Å². The van der Waals surface area contributed by atoms with Crippen molar-refractivity contribution in [1.29, 1.82) is 0 Å². The van der Waals surface area contributed by atoms with Crippen LogP contribution in [-0.4, -0.2) is 29.9 Å². The molecule has 2 aliphatic heterocycles. The van der Waals surface area contributed by atoms with Crippen molar-refractivity contribution in [3.63, 3.8) is 0 Å². The molecule has 0 bridgehead atoms. The van der Waals surface area contributed by atoms with Gasteiger partial charge in [0, 0.05) is 35.2 Å². The lowest BCUT2D eigenvalue weighted by molar-refractivity contribution is -0.385. The van der Waals surface area contributed by atoms with E-state index in [0.29, 0.717) is 23.5 Å². The molecule has 0 fully saturated rings. The number of non-ortho nitro benzene ring substituents is 1. The van der Waals surface area contributed by atoms with Crippen LogP contribution >= 0.6 is 0 Å². The number of nitrogens with zero attached hydrogens (tertiary/aromatic N) is 3. The first kappa shape index (κ1) is 19.9. The van der Waals surface area contributed by atoms with Crippen LogP contribution in [0.4, 0.5) is 5.69 Å². The monoisotopic (exact) mass is 431 g/mol. The smallest absolute Gasteiger partial charge is 0.269 e. The van der Waals surface area contributed by atoms with E-state index in [1.807, 2.05) is 53.5 Å². The second-order valence-corrected chi connectivity index (χ2v) is 7.58. The van der Waals surface area contributed by atoms with Crippen LogP contribution in [0.25, 0.3) is 0 Å². The van der Waals surface area contributed by atoms with Crippen LogP contribution in [0.2, 0.25) is 0 Å². The Kier molecular flexibility index (Phi) is 4.89. The lowest BCUT2D eigenvalue weighted by atomic mass is 9.95. The van der Waals surface area contributed by atoms with Crippen LogP contribution in [0, 0.1) is 10.1 Å². The summed E-state index contributed by atoms with van der Waals surface area (Å²) in [5.74, 6) is 2.04. The highest BCUT2D eigenvalue weighted by Crippen LogP contribution is 2.48. The number of ether oxygens (including phenoxy) is 3. The Hall–Kier alpha value is -4.07. The lowest BCUT2D eigenvalue weighted by Crippen LogP contribution is -2.33. The van der Waals surface area contributed by atoms with Crippen LogP contribution < -0.4 is 14.2 Å². The van der Waals surface area contributed by atoms with E-state index in [0.717, 1.165) is 22.6 Å². The first-order chi connectivity index (χ1) is 15.6. The summed E-state index contributed by atoms with van der Waals surface area (Å²) < 4.78 is 17.1. The van der Waals surface area contributed by atoms with E-state index in [2.05, 4.69) is 0 Å². The number of rotatable bonds is 5. The molecule has 0 spiro atoms. The van der Waals surface area contributed by atoms with E-state index in [1.165, 1.54) is 6.07 Å². The summed E-state index contributed by atoms with van der Waals surface area (Å²) in [6, 6.07) is 20.0. The van der Waals surface area contributed by atoms with Gasteiger partial charge in [0.05, 0.1) is 30.9 Å². The van der Waals surface area contributed by atoms with Crippen LogP contribution in [0.3, 0.4) is 0 Å². The molecule has 8 heteroatoms. The molecule has 3 aromatic rings. The number of nitro benzene ring substituents is 1. The number of hydrogen-bond acceptors (Lipinski definition) is 7. The Morgan fingerprint density at radius 1 is 1.03 bits per heavy atom. The van der Waals surface area contributed by atoms with Gasteiger partial charge in [-0.1, -0.05) is 30.3 Å². The topological polar surface area (TPSA) is 86.4 Å². The number of benzene rings is 3. The van der Waals surface area contributed by atoms with E-state index in [1.54, 1.807) is 26.4 Å². The standard InChI is InChI=1S/C24H21N3O5/c1-30-22-11-10-15(13-23(22)31-2)19-14-20-18-8-3-4-9-21(18)32-24(26(20)25-19)16-6-5-7-17(12-16)27(28)29/h3-13,20,24H,14H2,1-2H3/t20-,24-/m1/s1. The Morgan fingerprint density at radius 2 is 1.84 bits per heavy atom. The van der Waals surface area contributed by atoms with Crippen molar-refractivity contribution in [2.75, 3.05) is 14.2 Å². The third-order valence-corrected chi connectivity index (χ3v) is 5.78. The van der Waals surface area contributed by atoms with Gasteiger partial charge in [0.25, 0.3) is 5.69 Å². The molecule has 0 unspecified atom stereocenters. The molecule has 0 saturated carbocycles. The molecule has 8 nitrogen and oxygen atoms in total. The molecule has 3 aromatic carbocycles. The SMILES string of the molecule is COc1ccc(C2=NN3[C@H](C2)c2ccccc2O[C@@H]3c2cccc([N+](=O)[O-])c2)cc1OC. The van der Waals surface area contributed by atoms with Gasteiger partial charge in [-0.2, -0.15) is 5.10 Å². The minimum Gasteiger partial charge on any atom is -0.493 e. The number of para-hydroxylation sites is 1. The average Bonchev–Trinajstić information content (AvgIpc) is 3.29. The van der Waals surface area contributed by atoms with Gasteiger partial charge in [-0.15, -0.1) is 0 Å². The molecule has 0 aliphatic carbocycles. The molecule has 0 saturated heterocycles. The molecular weight excluding hydrogens is 410 g/mol. The summed E-state index contributed by atoms with van der Waals surface area (Å²) in [6.07, 6.45) is 0.0915. The Morgan fingerprint density at radius 3 is 2.62 bits per heavy atom. The van der Waals surface area contributed by atoms with Gasteiger partial charge in [0.15, 0.2) is 11.5 Å². The molecule has 5 rings (SSSR count). The van der Waals surface area contributed by atoms with Crippen molar-refractivity contribution in [2.45, 2.75) is 18.7 Å². The van der Waals surface area contributed by atoms with Crippen molar-refractivity contribution < 1.29 is 19.1 Å². The van der Waals surface area contributed by atoms with E-state index in [4.69, 9.17) is 19.3 Å². The minimum atomic E-state index is -0.576. The second kappa shape index (κ2) is 7.88. The predicted molar refractivity (Wildman–Crippen MR) is 118 cm³/mol. The third kappa shape index (κ3) is 3.30. The van der Waals surface area contributed by atoms with Gasteiger partial charge < -0.3 is 14.2 Å². The van der Waals surface area contributed by atoms with Crippen molar-refractivity contribution in [2.24, 2.45) is 5.10 Å². The van der Waals surface area contributed by atoms with Crippen LogP contribution in [-0.2, 0) is 0 Å². The molecule has 0 N–H and O–H groups in total. The molecule has 2 aliphatic rings. The lowest BCUT2D eigenvalue weighted by Gasteiger charge is -2.38.